The summed E-state index contributed by atoms with van der Waals surface area (Å²) in [7, 11) is 0. The average molecular weight is 440 g/mol. The molecule has 0 atom stereocenters. The Labute approximate surface area is 192 Å². The van der Waals surface area contributed by atoms with E-state index in [-0.39, 0.29) is 17.9 Å². The molecule has 1 aliphatic carbocycles. The number of carbonyl (C=O) groups excluding carboxylic acids is 1. The smallest absolute Gasteiger partial charge is 0.251 e. The average Bonchev–Trinajstić information content (AvgIpc) is 2.85. The Morgan fingerprint density at radius 2 is 1.88 bits per heavy atom. The minimum absolute atomic E-state index is 0.0607. The molecule has 1 aromatic heterocycles. The van der Waals surface area contributed by atoms with Crippen LogP contribution in [0.25, 0.3) is 11.3 Å². The van der Waals surface area contributed by atoms with Crippen LogP contribution in [0.15, 0.2) is 65.9 Å². The molecule has 3 aromatic rings. The van der Waals surface area contributed by atoms with Gasteiger partial charge in [-0.05, 0) is 37.1 Å². The molecule has 4 rings (SSSR count). The number of nitrogens with one attached hydrogen (secondary N) is 2. The first-order valence-corrected chi connectivity index (χ1v) is 11.0. The van der Waals surface area contributed by atoms with Crippen LogP contribution in [0, 0.1) is 11.3 Å². The van der Waals surface area contributed by atoms with Crippen molar-refractivity contribution in [3.8, 4) is 17.3 Å². The summed E-state index contributed by atoms with van der Waals surface area (Å²) in [5.41, 5.74) is 9.01. The normalized spacial score (nSPS) is 14.3. The van der Waals surface area contributed by atoms with Crippen molar-refractivity contribution >= 4 is 23.4 Å². The standard InChI is InChI=1S/C25H25N7O/c26-14-19-7-4-5-12-21(19)31-25(27)32-23-16-28-22(15-29-23)17-8-6-9-18(13-17)24(33)30-20-10-2-1-3-11-20/h4-9,12-13,15-16,20H,1-3,10-11H2,(H,30,33)(H3,27,29,31,32). The quantitative estimate of drug-likeness (QED) is 0.405. The lowest BCUT2D eigenvalue weighted by atomic mass is 9.95. The third-order valence-corrected chi connectivity index (χ3v) is 5.54. The van der Waals surface area contributed by atoms with Gasteiger partial charge in [-0.25, -0.2) is 4.98 Å². The number of hydrogen-bond donors (Lipinski definition) is 3. The van der Waals surface area contributed by atoms with Gasteiger partial charge in [0, 0.05) is 17.2 Å². The zero-order chi connectivity index (χ0) is 23.0. The first-order chi connectivity index (χ1) is 16.1. The van der Waals surface area contributed by atoms with Gasteiger partial charge in [-0.1, -0.05) is 43.5 Å². The van der Waals surface area contributed by atoms with Crippen LogP contribution < -0.4 is 16.4 Å². The Hall–Kier alpha value is -4.25. The van der Waals surface area contributed by atoms with Gasteiger partial charge in [-0.15, -0.1) is 0 Å². The maximum absolute atomic E-state index is 12.7. The van der Waals surface area contributed by atoms with Crippen molar-refractivity contribution in [1.82, 2.24) is 15.3 Å². The zero-order valence-corrected chi connectivity index (χ0v) is 18.2. The van der Waals surface area contributed by atoms with Gasteiger partial charge >= 0.3 is 0 Å². The second-order valence-electron chi connectivity index (χ2n) is 7.93. The Kier molecular flexibility index (Phi) is 6.90. The second kappa shape index (κ2) is 10.4. The minimum atomic E-state index is -0.0607. The Bertz CT molecular complexity index is 1190. The van der Waals surface area contributed by atoms with Crippen LogP contribution in [0.3, 0.4) is 0 Å². The van der Waals surface area contributed by atoms with Crippen LogP contribution in [-0.2, 0) is 0 Å². The SMILES string of the molecule is N#Cc1ccccc1NC(N)=Nc1cnc(-c2cccc(C(=O)NC3CCCCC3)c2)cn1. The van der Waals surface area contributed by atoms with Crippen LogP contribution in [0.1, 0.15) is 48.0 Å². The third-order valence-electron chi connectivity index (χ3n) is 5.54. The van der Waals surface area contributed by atoms with E-state index in [1.54, 1.807) is 36.5 Å². The van der Waals surface area contributed by atoms with Crippen LogP contribution >= 0.6 is 0 Å². The van der Waals surface area contributed by atoms with Gasteiger partial charge in [0.25, 0.3) is 5.91 Å². The van der Waals surface area contributed by atoms with E-state index in [0.717, 1.165) is 18.4 Å². The fourth-order valence-electron chi connectivity index (χ4n) is 3.84. The second-order valence-corrected chi connectivity index (χ2v) is 7.93. The Morgan fingerprint density at radius 3 is 2.64 bits per heavy atom. The number of rotatable bonds is 5. The number of hydrogen-bond acceptors (Lipinski definition) is 5. The summed E-state index contributed by atoms with van der Waals surface area (Å²) < 4.78 is 0. The number of aliphatic imine (C=N–C) groups is 1. The summed E-state index contributed by atoms with van der Waals surface area (Å²) in [5, 5.41) is 15.2. The van der Waals surface area contributed by atoms with Crippen molar-refractivity contribution in [1.29, 1.82) is 5.26 Å². The topological polar surface area (TPSA) is 129 Å². The predicted octanol–water partition coefficient (Wildman–Crippen LogP) is 4.14. The van der Waals surface area contributed by atoms with Gasteiger partial charge in [-0.2, -0.15) is 10.3 Å². The van der Waals surface area contributed by atoms with Crippen molar-refractivity contribution in [2.24, 2.45) is 10.7 Å². The number of carbonyl (C=O) groups is 1. The van der Waals surface area contributed by atoms with Gasteiger partial charge < -0.3 is 16.4 Å². The van der Waals surface area contributed by atoms with Crippen molar-refractivity contribution in [2.45, 2.75) is 38.1 Å². The fourth-order valence-corrected chi connectivity index (χ4v) is 3.84. The molecule has 8 heteroatoms. The lowest BCUT2D eigenvalue weighted by Crippen LogP contribution is -2.36. The molecule has 4 N–H and O–H groups in total. The maximum Gasteiger partial charge on any atom is 0.251 e. The predicted molar refractivity (Wildman–Crippen MR) is 128 cm³/mol. The van der Waals surface area contributed by atoms with E-state index in [1.807, 2.05) is 18.2 Å². The van der Waals surface area contributed by atoms with E-state index in [9.17, 15) is 10.1 Å². The molecule has 0 unspecified atom stereocenters. The summed E-state index contributed by atoms with van der Waals surface area (Å²) >= 11 is 0. The molecule has 0 spiro atoms. The monoisotopic (exact) mass is 439 g/mol. The molecular formula is C25H25N7O. The molecular weight excluding hydrogens is 414 g/mol. The lowest BCUT2D eigenvalue weighted by Gasteiger charge is -2.22. The van der Waals surface area contributed by atoms with Crippen molar-refractivity contribution in [2.75, 3.05) is 5.32 Å². The van der Waals surface area contributed by atoms with E-state index >= 15 is 0 Å². The Balaban J connectivity index is 1.44. The van der Waals surface area contributed by atoms with Crippen LogP contribution in [0.5, 0.6) is 0 Å². The molecule has 1 heterocycles. The first kappa shape index (κ1) is 22.0. The molecule has 8 nitrogen and oxygen atoms in total. The molecule has 0 aliphatic heterocycles. The highest BCUT2D eigenvalue weighted by Gasteiger charge is 2.17. The van der Waals surface area contributed by atoms with Crippen LogP contribution in [-0.4, -0.2) is 27.9 Å². The van der Waals surface area contributed by atoms with Crippen LogP contribution in [0.2, 0.25) is 0 Å². The summed E-state index contributed by atoms with van der Waals surface area (Å²) in [6.45, 7) is 0. The van der Waals surface area contributed by atoms with Crippen molar-refractivity contribution in [3.63, 3.8) is 0 Å². The number of benzene rings is 2. The van der Waals surface area contributed by atoms with Crippen molar-refractivity contribution in [3.05, 3.63) is 72.1 Å². The highest BCUT2D eigenvalue weighted by atomic mass is 16.1. The number of amides is 1. The van der Waals surface area contributed by atoms with Gasteiger partial charge in [0.15, 0.2) is 11.8 Å². The molecule has 166 valence electrons. The number of nitrogens with two attached hydrogens (primary N) is 1. The van der Waals surface area contributed by atoms with E-state index in [4.69, 9.17) is 5.73 Å². The van der Waals surface area contributed by atoms with Gasteiger partial charge in [0.2, 0.25) is 0 Å². The number of anilines is 1. The van der Waals surface area contributed by atoms with Crippen LogP contribution in [0.4, 0.5) is 11.5 Å². The number of guanidine groups is 1. The molecule has 1 aliphatic rings. The molecule has 0 saturated heterocycles. The third kappa shape index (κ3) is 5.71. The number of nitriles is 1. The summed E-state index contributed by atoms with van der Waals surface area (Å²) in [6, 6.07) is 16.7. The molecule has 1 amide bonds. The fraction of sp³-hybridized carbons (Fsp3) is 0.240. The first-order valence-electron chi connectivity index (χ1n) is 11.0. The van der Waals surface area contributed by atoms with E-state index in [0.29, 0.717) is 28.3 Å². The van der Waals surface area contributed by atoms with Crippen molar-refractivity contribution < 1.29 is 4.79 Å². The lowest BCUT2D eigenvalue weighted by molar-refractivity contribution is 0.0927. The molecule has 33 heavy (non-hydrogen) atoms. The van der Waals surface area contributed by atoms with Gasteiger partial charge in [0.05, 0.1) is 29.3 Å². The van der Waals surface area contributed by atoms with Gasteiger partial charge in [-0.3, -0.25) is 9.78 Å². The van der Waals surface area contributed by atoms with E-state index in [2.05, 4.69) is 31.7 Å². The number of aromatic nitrogens is 2. The maximum atomic E-state index is 12.7. The number of para-hydroxylation sites is 1. The molecule has 1 fully saturated rings. The zero-order valence-electron chi connectivity index (χ0n) is 18.2. The minimum Gasteiger partial charge on any atom is -0.369 e. The summed E-state index contributed by atoms with van der Waals surface area (Å²) in [5.74, 6) is 0.361. The summed E-state index contributed by atoms with van der Waals surface area (Å²) in [6.07, 6.45) is 8.76. The largest absolute Gasteiger partial charge is 0.369 e. The number of nitrogens with zero attached hydrogens (tertiary/aromatic N) is 4. The molecule has 2 aromatic carbocycles. The summed E-state index contributed by atoms with van der Waals surface area (Å²) in [4.78, 5) is 25.6. The Morgan fingerprint density at radius 1 is 1.06 bits per heavy atom. The molecule has 0 bridgehead atoms. The molecule has 1 saturated carbocycles. The van der Waals surface area contributed by atoms with E-state index < -0.39 is 0 Å². The highest BCUT2D eigenvalue weighted by molar-refractivity contribution is 5.96. The highest BCUT2D eigenvalue weighted by Crippen LogP contribution is 2.21. The van der Waals surface area contributed by atoms with Gasteiger partial charge in [0.1, 0.15) is 6.07 Å². The van der Waals surface area contributed by atoms with E-state index in [1.165, 1.54) is 25.5 Å². The molecule has 0 radical (unpaired) electrons.